The molecule has 4 heteroatoms. The SMILES string of the molecule is C[C@H](O)[C@@H](O)c1c(F)cccc1Cl. The van der Waals surface area contributed by atoms with E-state index in [1.54, 1.807) is 0 Å². The number of benzene rings is 1. The summed E-state index contributed by atoms with van der Waals surface area (Å²) in [6, 6.07) is 4.09. The summed E-state index contributed by atoms with van der Waals surface area (Å²) in [5, 5.41) is 18.6. The molecule has 72 valence electrons. The van der Waals surface area contributed by atoms with Gasteiger partial charge >= 0.3 is 0 Å². The molecular weight excluding hydrogens is 195 g/mol. The molecule has 0 aromatic heterocycles. The Morgan fingerprint density at radius 3 is 2.46 bits per heavy atom. The van der Waals surface area contributed by atoms with Gasteiger partial charge in [-0.3, -0.25) is 0 Å². The average molecular weight is 205 g/mol. The zero-order chi connectivity index (χ0) is 10.0. The minimum Gasteiger partial charge on any atom is -0.390 e. The van der Waals surface area contributed by atoms with Crippen LogP contribution in [0.2, 0.25) is 5.02 Å². The van der Waals surface area contributed by atoms with E-state index in [1.807, 2.05) is 0 Å². The van der Waals surface area contributed by atoms with Crippen LogP contribution in [0.5, 0.6) is 0 Å². The summed E-state index contributed by atoms with van der Waals surface area (Å²) in [4.78, 5) is 0. The van der Waals surface area contributed by atoms with Crippen LogP contribution < -0.4 is 0 Å². The van der Waals surface area contributed by atoms with Gasteiger partial charge in [0, 0.05) is 10.6 Å². The molecule has 2 atom stereocenters. The lowest BCUT2D eigenvalue weighted by molar-refractivity contribution is 0.0284. The molecule has 1 aromatic rings. The van der Waals surface area contributed by atoms with E-state index in [9.17, 15) is 9.50 Å². The van der Waals surface area contributed by atoms with Crippen molar-refractivity contribution in [2.45, 2.75) is 19.1 Å². The van der Waals surface area contributed by atoms with Crippen LogP contribution in [0.25, 0.3) is 0 Å². The fourth-order valence-electron chi connectivity index (χ4n) is 1.03. The number of halogens is 2. The number of aliphatic hydroxyl groups is 2. The van der Waals surface area contributed by atoms with Crippen LogP contribution in [-0.4, -0.2) is 16.3 Å². The molecule has 0 aliphatic rings. The Morgan fingerprint density at radius 1 is 1.38 bits per heavy atom. The summed E-state index contributed by atoms with van der Waals surface area (Å²) in [7, 11) is 0. The summed E-state index contributed by atoms with van der Waals surface area (Å²) < 4.78 is 13.1. The molecule has 2 N–H and O–H groups in total. The van der Waals surface area contributed by atoms with Crippen LogP contribution in [-0.2, 0) is 0 Å². The maximum atomic E-state index is 13.1. The lowest BCUT2D eigenvalue weighted by Crippen LogP contribution is -2.15. The van der Waals surface area contributed by atoms with Gasteiger partial charge in [0.25, 0.3) is 0 Å². The van der Waals surface area contributed by atoms with Crippen molar-refractivity contribution in [1.29, 1.82) is 0 Å². The first kappa shape index (κ1) is 10.4. The summed E-state index contributed by atoms with van der Waals surface area (Å²) >= 11 is 5.66. The smallest absolute Gasteiger partial charge is 0.130 e. The highest BCUT2D eigenvalue weighted by Crippen LogP contribution is 2.27. The van der Waals surface area contributed by atoms with Gasteiger partial charge in [-0.05, 0) is 19.1 Å². The Labute approximate surface area is 80.6 Å². The Morgan fingerprint density at radius 2 is 2.00 bits per heavy atom. The standard InChI is InChI=1S/C9H10ClFO2/c1-5(12)9(13)8-6(10)3-2-4-7(8)11/h2-5,9,12-13H,1H3/t5-,9+/m0/s1. The maximum Gasteiger partial charge on any atom is 0.130 e. The van der Waals surface area contributed by atoms with Crippen molar-refractivity contribution in [2.75, 3.05) is 0 Å². The molecule has 0 spiro atoms. The minimum atomic E-state index is -1.28. The van der Waals surface area contributed by atoms with Crippen molar-refractivity contribution in [3.8, 4) is 0 Å². The van der Waals surface area contributed by atoms with Crippen molar-refractivity contribution in [1.82, 2.24) is 0 Å². The van der Waals surface area contributed by atoms with Crippen LogP contribution in [0.3, 0.4) is 0 Å². The molecule has 2 nitrogen and oxygen atoms in total. The van der Waals surface area contributed by atoms with Gasteiger partial charge in [0.05, 0.1) is 6.10 Å². The molecule has 13 heavy (non-hydrogen) atoms. The maximum absolute atomic E-state index is 13.1. The topological polar surface area (TPSA) is 40.5 Å². The van der Waals surface area contributed by atoms with E-state index in [0.717, 1.165) is 0 Å². The third kappa shape index (κ3) is 2.18. The van der Waals surface area contributed by atoms with Crippen LogP contribution in [0, 0.1) is 5.82 Å². The van der Waals surface area contributed by atoms with Gasteiger partial charge in [-0.1, -0.05) is 17.7 Å². The first-order valence-electron chi connectivity index (χ1n) is 3.84. The van der Waals surface area contributed by atoms with Gasteiger partial charge in [-0.2, -0.15) is 0 Å². The first-order valence-corrected chi connectivity index (χ1v) is 4.22. The van der Waals surface area contributed by atoms with E-state index < -0.39 is 18.0 Å². The lowest BCUT2D eigenvalue weighted by atomic mass is 10.1. The molecule has 0 bridgehead atoms. The van der Waals surface area contributed by atoms with Gasteiger partial charge < -0.3 is 10.2 Å². The molecule has 0 unspecified atom stereocenters. The average Bonchev–Trinajstić information content (AvgIpc) is 2.03. The number of rotatable bonds is 2. The summed E-state index contributed by atoms with van der Waals surface area (Å²) in [5.41, 5.74) is -0.0563. The number of aliphatic hydroxyl groups excluding tert-OH is 2. The zero-order valence-electron chi connectivity index (χ0n) is 7.04. The molecule has 1 rings (SSSR count). The van der Waals surface area contributed by atoms with Gasteiger partial charge in [-0.15, -0.1) is 0 Å². The fraction of sp³-hybridized carbons (Fsp3) is 0.333. The van der Waals surface area contributed by atoms with Crippen molar-refractivity contribution in [3.05, 3.63) is 34.6 Å². The minimum absolute atomic E-state index is 0.0563. The largest absolute Gasteiger partial charge is 0.390 e. The molecule has 1 aromatic carbocycles. The Hall–Kier alpha value is -0.640. The molecule has 0 aliphatic heterocycles. The van der Waals surface area contributed by atoms with E-state index in [4.69, 9.17) is 16.7 Å². The van der Waals surface area contributed by atoms with Gasteiger partial charge in [0.1, 0.15) is 11.9 Å². The third-order valence-corrected chi connectivity index (χ3v) is 2.08. The molecule has 0 fully saturated rings. The van der Waals surface area contributed by atoms with E-state index in [1.165, 1.54) is 25.1 Å². The predicted octanol–water partition coefficient (Wildman–Crippen LogP) is 1.89. The number of hydrogen-bond donors (Lipinski definition) is 2. The van der Waals surface area contributed by atoms with Crippen molar-refractivity contribution >= 4 is 11.6 Å². The predicted molar refractivity (Wildman–Crippen MR) is 48.1 cm³/mol. The summed E-state index contributed by atoms with van der Waals surface area (Å²) in [6.07, 6.45) is -2.33. The second-order valence-electron chi connectivity index (χ2n) is 2.82. The monoisotopic (exact) mass is 204 g/mol. The molecule has 0 amide bonds. The van der Waals surface area contributed by atoms with E-state index in [2.05, 4.69) is 0 Å². The molecule has 0 heterocycles. The van der Waals surface area contributed by atoms with Crippen molar-refractivity contribution in [3.63, 3.8) is 0 Å². The molecular formula is C9H10ClFO2. The number of hydrogen-bond acceptors (Lipinski definition) is 2. The second kappa shape index (κ2) is 4.05. The van der Waals surface area contributed by atoms with Crippen LogP contribution in [0.15, 0.2) is 18.2 Å². The quantitative estimate of drug-likeness (QED) is 0.773. The van der Waals surface area contributed by atoms with Gasteiger partial charge in [0.15, 0.2) is 0 Å². The highest BCUT2D eigenvalue weighted by molar-refractivity contribution is 6.31. The van der Waals surface area contributed by atoms with Crippen molar-refractivity contribution < 1.29 is 14.6 Å². The lowest BCUT2D eigenvalue weighted by Gasteiger charge is -2.15. The first-order chi connectivity index (χ1) is 6.04. The molecule has 0 saturated heterocycles. The zero-order valence-corrected chi connectivity index (χ0v) is 7.79. The third-order valence-electron chi connectivity index (χ3n) is 1.75. The summed E-state index contributed by atoms with van der Waals surface area (Å²) in [5.74, 6) is -0.610. The summed E-state index contributed by atoms with van der Waals surface area (Å²) in [6.45, 7) is 1.37. The Bertz CT molecular complexity index is 281. The van der Waals surface area contributed by atoms with Crippen molar-refractivity contribution in [2.24, 2.45) is 0 Å². The van der Waals surface area contributed by atoms with Crippen LogP contribution in [0.4, 0.5) is 4.39 Å². The van der Waals surface area contributed by atoms with E-state index in [0.29, 0.717) is 0 Å². The highest BCUT2D eigenvalue weighted by Gasteiger charge is 2.20. The van der Waals surface area contributed by atoms with Gasteiger partial charge in [-0.25, -0.2) is 4.39 Å². The van der Waals surface area contributed by atoms with Gasteiger partial charge in [0.2, 0.25) is 0 Å². The molecule has 0 radical (unpaired) electrons. The second-order valence-corrected chi connectivity index (χ2v) is 3.23. The normalized spacial score (nSPS) is 15.5. The Kier molecular flexibility index (Phi) is 3.25. The van der Waals surface area contributed by atoms with E-state index >= 15 is 0 Å². The fourth-order valence-corrected chi connectivity index (χ4v) is 1.31. The molecule has 0 saturated carbocycles. The van der Waals surface area contributed by atoms with Crippen LogP contribution in [0.1, 0.15) is 18.6 Å². The van der Waals surface area contributed by atoms with Crippen LogP contribution >= 0.6 is 11.6 Å². The highest BCUT2D eigenvalue weighted by atomic mass is 35.5. The molecule has 0 aliphatic carbocycles. The van der Waals surface area contributed by atoms with E-state index in [-0.39, 0.29) is 10.6 Å². The Balaban J connectivity index is 3.12.